The Balaban J connectivity index is 1.80. The highest BCUT2D eigenvalue weighted by molar-refractivity contribution is 5.84. The fourth-order valence-corrected chi connectivity index (χ4v) is 2.56. The van der Waals surface area contributed by atoms with Crippen LogP contribution in [0.1, 0.15) is 32.8 Å². The number of nitrogens with zero attached hydrogens (tertiary/aromatic N) is 1. The second-order valence-electron chi connectivity index (χ2n) is 7.26. The van der Waals surface area contributed by atoms with Gasteiger partial charge >= 0.3 is 6.09 Å². The van der Waals surface area contributed by atoms with Crippen LogP contribution in [0.3, 0.4) is 0 Å². The predicted molar refractivity (Wildman–Crippen MR) is 93.2 cm³/mol. The van der Waals surface area contributed by atoms with Crippen molar-refractivity contribution in [2.75, 3.05) is 18.4 Å². The molecule has 1 aliphatic rings. The Bertz CT molecular complexity index is 599. The van der Waals surface area contributed by atoms with E-state index in [0.29, 0.717) is 18.5 Å². The third kappa shape index (κ3) is 6.03. The van der Waals surface area contributed by atoms with Crippen molar-refractivity contribution in [3.05, 3.63) is 29.8 Å². The van der Waals surface area contributed by atoms with E-state index in [1.807, 2.05) is 12.1 Å². The highest BCUT2D eigenvalue weighted by atomic mass is 16.6. The number of carbonyl (C=O) groups excluding carboxylic acids is 2. The lowest BCUT2D eigenvalue weighted by atomic mass is 10.1. The number of likely N-dealkylation sites (tertiary alicyclic amines) is 1. The fraction of sp³-hybridized carbons (Fsp3) is 0.556. The zero-order chi connectivity index (χ0) is 18.6. The Morgan fingerprint density at radius 1 is 1.16 bits per heavy atom. The minimum absolute atomic E-state index is 0.0912. The third-order valence-corrected chi connectivity index (χ3v) is 3.84. The molecule has 1 saturated heterocycles. The molecule has 1 aliphatic heterocycles. The molecule has 0 radical (unpaired) electrons. The maximum absolute atomic E-state index is 12.1. The molecule has 0 aromatic heterocycles. The average Bonchev–Trinajstić information content (AvgIpc) is 2.84. The van der Waals surface area contributed by atoms with E-state index >= 15 is 0 Å². The minimum Gasteiger partial charge on any atom is -0.444 e. The first-order chi connectivity index (χ1) is 11.6. The molecule has 1 heterocycles. The monoisotopic (exact) mass is 350 g/mol. The Labute approximate surface area is 147 Å². The highest BCUT2D eigenvalue weighted by Crippen LogP contribution is 2.16. The number of amides is 2. The molecular weight excluding hydrogens is 324 g/mol. The molecule has 1 aromatic carbocycles. The zero-order valence-electron chi connectivity index (χ0n) is 14.9. The van der Waals surface area contributed by atoms with E-state index in [4.69, 9.17) is 4.74 Å². The van der Waals surface area contributed by atoms with E-state index in [1.165, 1.54) is 4.90 Å². The number of aryl methyl sites for hydroxylation is 1. The summed E-state index contributed by atoms with van der Waals surface area (Å²) in [4.78, 5) is 25.3. The van der Waals surface area contributed by atoms with Crippen LogP contribution in [0.15, 0.2) is 24.3 Å². The third-order valence-electron chi connectivity index (χ3n) is 3.84. The first-order valence-corrected chi connectivity index (χ1v) is 8.37. The lowest BCUT2D eigenvalue weighted by molar-refractivity contribution is -0.130. The number of rotatable bonds is 4. The maximum Gasteiger partial charge on any atom is 0.412 e. The van der Waals surface area contributed by atoms with Crippen molar-refractivity contribution in [2.24, 2.45) is 0 Å². The summed E-state index contributed by atoms with van der Waals surface area (Å²) >= 11 is 0. The summed E-state index contributed by atoms with van der Waals surface area (Å²) in [5.74, 6) is -0.0912. The number of nitrogens with one attached hydrogen (secondary N) is 1. The van der Waals surface area contributed by atoms with E-state index in [9.17, 15) is 19.8 Å². The molecule has 2 rings (SSSR count). The van der Waals surface area contributed by atoms with Crippen LogP contribution >= 0.6 is 0 Å². The van der Waals surface area contributed by atoms with Gasteiger partial charge in [0.15, 0.2) is 0 Å². The molecule has 0 saturated carbocycles. The Morgan fingerprint density at radius 2 is 1.72 bits per heavy atom. The number of hydrogen-bond donors (Lipinski definition) is 3. The summed E-state index contributed by atoms with van der Waals surface area (Å²) in [5, 5.41) is 21.6. The van der Waals surface area contributed by atoms with Gasteiger partial charge in [0.2, 0.25) is 5.91 Å². The summed E-state index contributed by atoms with van der Waals surface area (Å²) in [5.41, 5.74) is 1.03. The standard InChI is InChI=1S/C18H26N2O5/c1-18(2,3)25-17(24)19-13-7-4-12(5-8-13)6-9-16(23)20-10-14(21)15(22)11-20/h4-5,7-8,14-15,21-22H,6,9-11H2,1-3H3,(H,19,24)/t14-,15-/m0/s1. The van der Waals surface area contributed by atoms with E-state index in [-0.39, 0.29) is 19.0 Å². The SMILES string of the molecule is CC(C)(C)OC(=O)Nc1ccc(CCC(=O)N2C[C@H](O)[C@@H](O)C2)cc1. The number of anilines is 1. The van der Waals surface area contributed by atoms with Crippen molar-refractivity contribution in [3.8, 4) is 0 Å². The van der Waals surface area contributed by atoms with Crippen molar-refractivity contribution in [2.45, 2.75) is 51.4 Å². The number of aliphatic hydroxyl groups is 2. The molecule has 0 unspecified atom stereocenters. The smallest absolute Gasteiger partial charge is 0.412 e. The maximum atomic E-state index is 12.1. The Hall–Kier alpha value is -2.12. The number of carbonyl (C=O) groups is 2. The van der Waals surface area contributed by atoms with Gasteiger partial charge in [0.1, 0.15) is 5.60 Å². The molecule has 1 aromatic rings. The first kappa shape index (κ1) is 19.2. The van der Waals surface area contributed by atoms with Gasteiger partial charge in [0, 0.05) is 25.2 Å². The number of benzene rings is 1. The molecular formula is C18H26N2O5. The van der Waals surface area contributed by atoms with Gasteiger partial charge in [-0.3, -0.25) is 10.1 Å². The van der Waals surface area contributed by atoms with Crippen molar-refractivity contribution in [3.63, 3.8) is 0 Å². The van der Waals surface area contributed by atoms with Crippen LogP contribution in [-0.2, 0) is 16.0 Å². The molecule has 0 aliphatic carbocycles. The van der Waals surface area contributed by atoms with E-state index < -0.39 is 23.9 Å². The molecule has 2 amide bonds. The van der Waals surface area contributed by atoms with E-state index in [1.54, 1.807) is 32.9 Å². The average molecular weight is 350 g/mol. The molecule has 25 heavy (non-hydrogen) atoms. The zero-order valence-corrected chi connectivity index (χ0v) is 14.9. The highest BCUT2D eigenvalue weighted by Gasteiger charge is 2.32. The quantitative estimate of drug-likeness (QED) is 0.765. The Morgan fingerprint density at radius 3 is 2.24 bits per heavy atom. The summed E-state index contributed by atoms with van der Waals surface area (Å²) in [6.45, 7) is 5.75. The van der Waals surface area contributed by atoms with Crippen LogP contribution in [0, 0.1) is 0 Å². The van der Waals surface area contributed by atoms with Gasteiger partial charge in [-0.15, -0.1) is 0 Å². The van der Waals surface area contributed by atoms with Crippen LogP contribution in [0.2, 0.25) is 0 Å². The lowest BCUT2D eigenvalue weighted by Crippen LogP contribution is -2.29. The van der Waals surface area contributed by atoms with Gasteiger partial charge in [-0.05, 0) is 44.9 Å². The largest absolute Gasteiger partial charge is 0.444 e. The van der Waals surface area contributed by atoms with Gasteiger partial charge in [-0.25, -0.2) is 4.79 Å². The van der Waals surface area contributed by atoms with E-state index in [0.717, 1.165) is 5.56 Å². The molecule has 0 spiro atoms. The van der Waals surface area contributed by atoms with Crippen LogP contribution in [0.25, 0.3) is 0 Å². The predicted octanol–water partition coefficient (Wildman–Crippen LogP) is 1.53. The summed E-state index contributed by atoms with van der Waals surface area (Å²) < 4.78 is 5.18. The summed E-state index contributed by atoms with van der Waals surface area (Å²) in [6, 6.07) is 7.20. The van der Waals surface area contributed by atoms with Gasteiger partial charge in [0.25, 0.3) is 0 Å². The lowest BCUT2D eigenvalue weighted by Gasteiger charge is -2.19. The molecule has 2 atom stereocenters. The van der Waals surface area contributed by atoms with Crippen molar-refractivity contribution < 1.29 is 24.5 Å². The molecule has 138 valence electrons. The number of hydrogen-bond acceptors (Lipinski definition) is 5. The molecule has 1 fully saturated rings. The van der Waals surface area contributed by atoms with Crippen molar-refractivity contribution >= 4 is 17.7 Å². The number of β-amino-alcohol motifs (C(OH)–C–C–N with tert-alkyl or cyclic N) is 2. The second kappa shape index (κ2) is 7.84. The van der Waals surface area contributed by atoms with Crippen LogP contribution in [-0.4, -0.2) is 58.0 Å². The second-order valence-corrected chi connectivity index (χ2v) is 7.26. The van der Waals surface area contributed by atoms with E-state index in [2.05, 4.69) is 5.32 Å². The number of ether oxygens (including phenoxy) is 1. The molecule has 3 N–H and O–H groups in total. The summed E-state index contributed by atoms with van der Waals surface area (Å²) in [7, 11) is 0. The Kier molecular flexibility index (Phi) is 6.02. The van der Waals surface area contributed by atoms with Gasteiger partial charge in [-0.2, -0.15) is 0 Å². The summed E-state index contributed by atoms with van der Waals surface area (Å²) in [6.07, 6.45) is -1.38. The molecule has 0 bridgehead atoms. The minimum atomic E-state index is -0.859. The van der Waals surface area contributed by atoms with Gasteiger partial charge < -0.3 is 19.8 Å². The van der Waals surface area contributed by atoms with Crippen molar-refractivity contribution in [1.82, 2.24) is 4.90 Å². The van der Waals surface area contributed by atoms with Crippen molar-refractivity contribution in [1.29, 1.82) is 0 Å². The fourth-order valence-electron chi connectivity index (χ4n) is 2.56. The number of aliphatic hydroxyl groups excluding tert-OH is 2. The van der Waals surface area contributed by atoms with Crippen LogP contribution < -0.4 is 5.32 Å². The molecule has 7 heteroatoms. The van der Waals surface area contributed by atoms with Gasteiger partial charge in [0.05, 0.1) is 12.2 Å². The van der Waals surface area contributed by atoms with Gasteiger partial charge in [-0.1, -0.05) is 12.1 Å². The van der Waals surface area contributed by atoms with Crippen LogP contribution in [0.4, 0.5) is 10.5 Å². The first-order valence-electron chi connectivity index (χ1n) is 8.37. The van der Waals surface area contributed by atoms with Crippen LogP contribution in [0.5, 0.6) is 0 Å². The normalized spacial score (nSPS) is 20.4. The molecule has 7 nitrogen and oxygen atoms in total. The topological polar surface area (TPSA) is 99.1 Å².